The second kappa shape index (κ2) is 15.1. The minimum absolute atomic E-state index is 0.104. The summed E-state index contributed by atoms with van der Waals surface area (Å²) in [7, 11) is 2.95. The van der Waals surface area contributed by atoms with E-state index in [9.17, 15) is 9.59 Å². The van der Waals surface area contributed by atoms with Gasteiger partial charge in [-0.15, -0.1) is 0 Å². The molecule has 2 aromatic carbocycles. The molecule has 3 N–H and O–H groups in total. The van der Waals surface area contributed by atoms with Crippen LogP contribution in [0.25, 0.3) is 0 Å². The Morgan fingerprint density at radius 2 is 1.77 bits per heavy atom. The van der Waals surface area contributed by atoms with Crippen molar-refractivity contribution >= 4 is 58.3 Å². The van der Waals surface area contributed by atoms with Gasteiger partial charge in [0.15, 0.2) is 0 Å². The molecule has 0 saturated carbocycles. The normalized spacial score (nSPS) is 12.7. The summed E-state index contributed by atoms with van der Waals surface area (Å²) in [5, 5.41) is 9.80. The summed E-state index contributed by atoms with van der Waals surface area (Å²) in [6.45, 7) is 6.72. The lowest BCUT2D eigenvalue weighted by Crippen LogP contribution is -2.48. The highest BCUT2D eigenvalue weighted by molar-refractivity contribution is 6.42. The number of amides is 3. The van der Waals surface area contributed by atoms with Crippen molar-refractivity contribution in [3.63, 3.8) is 0 Å². The third-order valence-electron chi connectivity index (χ3n) is 6.89. The smallest absolute Gasteiger partial charge is 0.330 e. The van der Waals surface area contributed by atoms with Gasteiger partial charge >= 0.3 is 6.03 Å². The topological polar surface area (TPSA) is 121 Å². The van der Waals surface area contributed by atoms with Gasteiger partial charge in [-0.1, -0.05) is 49.2 Å². The van der Waals surface area contributed by atoms with Crippen LogP contribution >= 0.6 is 23.2 Å². The first-order chi connectivity index (χ1) is 20.8. The average molecular weight is 631 g/mol. The van der Waals surface area contributed by atoms with E-state index in [1.54, 1.807) is 30.2 Å². The molecule has 0 unspecified atom stereocenters. The fraction of sp³-hybridized carbons (Fsp3) is 0.400. The molecule has 43 heavy (non-hydrogen) atoms. The highest BCUT2D eigenvalue weighted by Crippen LogP contribution is 2.48. The van der Waals surface area contributed by atoms with Crippen LogP contribution in [0.3, 0.4) is 0 Å². The van der Waals surface area contributed by atoms with E-state index in [0.29, 0.717) is 47.5 Å². The Morgan fingerprint density at radius 1 is 1.05 bits per heavy atom. The molecule has 0 atom stereocenters. The molecule has 4 rings (SSSR count). The highest BCUT2D eigenvalue weighted by Gasteiger charge is 2.36. The van der Waals surface area contributed by atoms with Crippen molar-refractivity contribution in [3.05, 3.63) is 57.7 Å². The number of benzene rings is 2. The van der Waals surface area contributed by atoms with E-state index >= 15 is 0 Å². The summed E-state index contributed by atoms with van der Waals surface area (Å²) in [6.07, 6.45) is 4.01. The predicted molar refractivity (Wildman–Crippen MR) is 171 cm³/mol. The molecule has 13 heteroatoms. The average Bonchev–Trinajstić information content (AvgIpc) is 3.01. The van der Waals surface area contributed by atoms with E-state index in [0.717, 1.165) is 31.5 Å². The van der Waals surface area contributed by atoms with Crippen LogP contribution in [-0.2, 0) is 17.9 Å². The molecular weight excluding hydrogens is 593 g/mol. The lowest BCUT2D eigenvalue weighted by molar-refractivity contribution is -0.115. The first-order valence-corrected chi connectivity index (χ1v) is 14.9. The second-order valence-electron chi connectivity index (χ2n) is 9.84. The van der Waals surface area contributed by atoms with Gasteiger partial charge in [0.1, 0.15) is 27.4 Å². The lowest BCUT2D eigenvalue weighted by Gasteiger charge is -2.37. The summed E-state index contributed by atoms with van der Waals surface area (Å²) in [4.78, 5) is 38.6. The Kier molecular flexibility index (Phi) is 11.3. The molecule has 3 amide bonds. The molecule has 230 valence electrons. The van der Waals surface area contributed by atoms with Gasteiger partial charge in [-0.3, -0.25) is 14.6 Å². The second-order valence-corrected chi connectivity index (χ2v) is 10.6. The molecule has 1 aliphatic rings. The number of anilines is 4. The number of methoxy groups -OCH3 is 2. The summed E-state index contributed by atoms with van der Waals surface area (Å²) >= 11 is 13.4. The molecular formula is C30H37Cl2N7O4. The maximum atomic E-state index is 14.3. The number of aromatic nitrogens is 2. The molecule has 0 spiro atoms. The van der Waals surface area contributed by atoms with Crippen LogP contribution in [-0.4, -0.2) is 55.8 Å². The molecule has 1 aromatic heterocycles. The first kappa shape index (κ1) is 32.1. The number of urea groups is 1. The van der Waals surface area contributed by atoms with Crippen molar-refractivity contribution in [2.24, 2.45) is 0 Å². The van der Waals surface area contributed by atoms with Crippen molar-refractivity contribution in [2.75, 3.05) is 54.3 Å². The third-order valence-corrected chi connectivity index (χ3v) is 7.62. The summed E-state index contributed by atoms with van der Waals surface area (Å²) in [5.41, 5.74) is 2.37. The number of carbonyl (C=O) groups excluding carboxylic acids is 2. The Bertz CT molecular complexity index is 1430. The maximum Gasteiger partial charge on any atom is 0.330 e. The molecule has 0 radical (unpaired) electrons. The van der Waals surface area contributed by atoms with E-state index in [-0.39, 0.29) is 34.7 Å². The van der Waals surface area contributed by atoms with Crippen LogP contribution < -0.4 is 35.2 Å². The Hall–Kier alpha value is -3.80. The number of ether oxygens (including phenoxy) is 2. The molecule has 11 nitrogen and oxygen atoms in total. The quantitative estimate of drug-likeness (QED) is 0.183. The van der Waals surface area contributed by atoms with Gasteiger partial charge in [-0.2, -0.15) is 4.98 Å². The number of hydrogen-bond acceptors (Lipinski definition) is 8. The van der Waals surface area contributed by atoms with E-state index in [2.05, 4.69) is 27.9 Å². The molecule has 0 aliphatic carbocycles. The van der Waals surface area contributed by atoms with Gasteiger partial charge in [-0.05, 0) is 43.6 Å². The van der Waals surface area contributed by atoms with Gasteiger partial charge in [0.2, 0.25) is 11.9 Å². The van der Waals surface area contributed by atoms with Crippen LogP contribution in [0, 0.1) is 0 Å². The summed E-state index contributed by atoms with van der Waals surface area (Å²) in [5.74, 6) is 1.42. The number of carbonyl (C=O) groups is 2. The number of nitrogens with zero attached hydrogens (tertiary/aromatic N) is 4. The third kappa shape index (κ3) is 7.59. The van der Waals surface area contributed by atoms with Crippen LogP contribution in [0.2, 0.25) is 10.0 Å². The van der Waals surface area contributed by atoms with Crippen LogP contribution in [0.4, 0.5) is 27.9 Å². The van der Waals surface area contributed by atoms with Crippen molar-refractivity contribution in [1.82, 2.24) is 15.3 Å². The monoisotopic (exact) mass is 629 g/mol. The number of fused-ring (bicyclic) bond motifs is 1. The molecule has 2 heterocycles. The number of nitrogens with one attached hydrogen (secondary N) is 3. The Balaban J connectivity index is 1.71. The Morgan fingerprint density at radius 3 is 2.44 bits per heavy atom. The standard InChI is InChI=1S/C30H37Cl2N7O4/c1-5-24(40)36-21-11-9-10-19(14-21)17-39-28-20(16-35-29(37-28)34-13-8-7-12-33-6-2)18-38(30(39)41)27-25(31)22(42-3)15-23(43-4)26(27)32/h9-11,14-16,33H,5-8,12-13,17-18H2,1-4H3,(H,36,40)(H,34,35,37). The molecule has 0 saturated heterocycles. The van der Waals surface area contributed by atoms with Gasteiger partial charge in [0.25, 0.3) is 0 Å². The number of unbranched alkanes of at least 4 members (excludes halogenated alkanes) is 1. The number of hydrogen-bond donors (Lipinski definition) is 3. The van der Waals surface area contributed by atoms with E-state index < -0.39 is 6.03 Å². The lowest BCUT2D eigenvalue weighted by atomic mass is 10.1. The minimum Gasteiger partial charge on any atom is -0.495 e. The molecule has 0 bridgehead atoms. The summed E-state index contributed by atoms with van der Waals surface area (Å²) < 4.78 is 10.9. The van der Waals surface area contributed by atoms with Crippen molar-refractivity contribution in [1.29, 1.82) is 0 Å². The van der Waals surface area contributed by atoms with Crippen LogP contribution in [0.1, 0.15) is 44.2 Å². The maximum absolute atomic E-state index is 14.3. The zero-order valence-corrected chi connectivity index (χ0v) is 26.3. The zero-order chi connectivity index (χ0) is 30.9. The van der Waals surface area contributed by atoms with Crippen LogP contribution in [0.5, 0.6) is 11.5 Å². The first-order valence-electron chi connectivity index (χ1n) is 14.2. The number of rotatable bonds is 14. The van der Waals surface area contributed by atoms with Gasteiger partial charge in [-0.25, -0.2) is 9.78 Å². The van der Waals surface area contributed by atoms with Gasteiger partial charge in [0.05, 0.1) is 33.0 Å². The van der Waals surface area contributed by atoms with Crippen molar-refractivity contribution < 1.29 is 19.1 Å². The van der Waals surface area contributed by atoms with Crippen LogP contribution in [0.15, 0.2) is 36.5 Å². The predicted octanol–water partition coefficient (Wildman–Crippen LogP) is 6.10. The van der Waals surface area contributed by atoms with E-state index in [4.69, 9.17) is 37.7 Å². The fourth-order valence-electron chi connectivity index (χ4n) is 4.66. The zero-order valence-electron chi connectivity index (χ0n) is 24.8. The summed E-state index contributed by atoms with van der Waals surface area (Å²) in [6, 6.07) is 8.52. The minimum atomic E-state index is -0.398. The Labute approximate surface area is 261 Å². The van der Waals surface area contributed by atoms with E-state index in [1.165, 1.54) is 19.1 Å². The molecule has 3 aromatic rings. The number of halogens is 2. The fourth-order valence-corrected chi connectivity index (χ4v) is 5.37. The van der Waals surface area contributed by atoms with Crippen molar-refractivity contribution in [3.8, 4) is 11.5 Å². The highest BCUT2D eigenvalue weighted by atomic mass is 35.5. The van der Waals surface area contributed by atoms with Gasteiger partial charge < -0.3 is 25.4 Å². The van der Waals surface area contributed by atoms with Crippen molar-refractivity contribution in [2.45, 2.75) is 46.2 Å². The van der Waals surface area contributed by atoms with E-state index in [1.807, 2.05) is 18.2 Å². The van der Waals surface area contributed by atoms with Gasteiger partial charge in [0, 0.05) is 36.5 Å². The molecule has 0 fully saturated rings. The molecule has 1 aliphatic heterocycles. The largest absolute Gasteiger partial charge is 0.495 e. The SMILES string of the molecule is CCNCCCCNc1ncc2c(n1)N(Cc1cccc(NC(=O)CC)c1)C(=O)N(c1c(Cl)c(OC)cc(OC)c1Cl)C2.